The molecule has 1 atom stereocenters. The Hall–Kier alpha value is -2.66. The van der Waals surface area contributed by atoms with E-state index in [-0.39, 0.29) is 23.3 Å². The number of nitrogens with two attached hydrogens (primary N) is 1. The molecular formula is C24H31N3O2. The lowest BCUT2D eigenvalue weighted by molar-refractivity contribution is -0.124. The maximum atomic E-state index is 12.7. The van der Waals surface area contributed by atoms with Crippen molar-refractivity contribution in [1.82, 2.24) is 5.32 Å². The number of hydrogen-bond donors (Lipinski definition) is 3. The van der Waals surface area contributed by atoms with Gasteiger partial charge in [0.1, 0.15) is 0 Å². The molecule has 1 fully saturated rings. The number of carbonyl (C=O) groups excluding carboxylic acids is 2. The number of carbonyl (C=O) groups is 2. The lowest BCUT2D eigenvalue weighted by Gasteiger charge is -2.36. The van der Waals surface area contributed by atoms with E-state index in [1.54, 1.807) is 12.1 Å². The molecule has 4 N–H and O–H groups in total. The molecule has 5 heteroatoms. The quantitative estimate of drug-likeness (QED) is 0.651. The first kappa shape index (κ1) is 21.1. The van der Waals surface area contributed by atoms with Crippen molar-refractivity contribution in [3.8, 4) is 0 Å². The highest BCUT2D eigenvalue weighted by atomic mass is 16.2. The summed E-state index contributed by atoms with van der Waals surface area (Å²) >= 11 is 0. The first-order valence-electron chi connectivity index (χ1n) is 10.5. The molecule has 0 spiro atoms. The van der Waals surface area contributed by atoms with Crippen LogP contribution in [0, 0.1) is 5.41 Å². The summed E-state index contributed by atoms with van der Waals surface area (Å²) in [4.78, 5) is 25.0. The van der Waals surface area contributed by atoms with Gasteiger partial charge in [0.15, 0.2) is 0 Å². The Morgan fingerprint density at radius 1 is 1.03 bits per heavy atom. The maximum Gasteiger partial charge on any atom is 0.255 e. The fourth-order valence-electron chi connectivity index (χ4n) is 4.15. The average molecular weight is 394 g/mol. The number of amides is 2. The van der Waals surface area contributed by atoms with Crippen molar-refractivity contribution in [2.45, 2.75) is 51.5 Å². The van der Waals surface area contributed by atoms with Crippen molar-refractivity contribution < 1.29 is 9.59 Å². The van der Waals surface area contributed by atoms with Crippen LogP contribution in [-0.2, 0) is 4.79 Å². The van der Waals surface area contributed by atoms with Gasteiger partial charge < -0.3 is 16.4 Å². The number of nitrogens with one attached hydrogen (secondary N) is 2. The molecule has 5 nitrogen and oxygen atoms in total. The van der Waals surface area contributed by atoms with Gasteiger partial charge in [-0.05, 0) is 61.6 Å². The zero-order valence-corrected chi connectivity index (χ0v) is 17.1. The van der Waals surface area contributed by atoms with E-state index in [1.165, 1.54) is 6.42 Å². The Kier molecular flexibility index (Phi) is 7.04. The number of hydrogen-bond acceptors (Lipinski definition) is 3. The maximum absolute atomic E-state index is 12.7. The molecule has 0 bridgehead atoms. The summed E-state index contributed by atoms with van der Waals surface area (Å²) in [5.41, 5.74) is 8.25. The van der Waals surface area contributed by atoms with E-state index >= 15 is 0 Å². The van der Waals surface area contributed by atoms with E-state index in [4.69, 9.17) is 5.73 Å². The lowest BCUT2D eigenvalue weighted by atomic mass is 9.71. The summed E-state index contributed by atoms with van der Waals surface area (Å²) < 4.78 is 0. The first-order valence-corrected chi connectivity index (χ1v) is 10.5. The fraction of sp³-hybridized carbons (Fsp3) is 0.417. The van der Waals surface area contributed by atoms with Crippen LogP contribution in [0.1, 0.15) is 67.4 Å². The van der Waals surface area contributed by atoms with Crippen molar-refractivity contribution in [3.05, 3.63) is 65.7 Å². The number of benzene rings is 2. The highest BCUT2D eigenvalue weighted by Crippen LogP contribution is 2.38. The molecule has 0 aromatic heterocycles. The monoisotopic (exact) mass is 393 g/mol. The minimum atomic E-state index is -0.151. The molecule has 0 heterocycles. The zero-order valence-electron chi connectivity index (χ0n) is 17.1. The molecule has 3 rings (SSSR count). The second-order valence-corrected chi connectivity index (χ2v) is 8.18. The van der Waals surface area contributed by atoms with Crippen molar-refractivity contribution >= 4 is 17.5 Å². The van der Waals surface area contributed by atoms with Gasteiger partial charge in [0, 0.05) is 17.7 Å². The van der Waals surface area contributed by atoms with Crippen molar-refractivity contribution in [1.29, 1.82) is 0 Å². The Labute approximate surface area is 173 Å². The van der Waals surface area contributed by atoms with Crippen LogP contribution < -0.4 is 16.4 Å². The van der Waals surface area contributed by atoms with Gasteiger partial charge >= 0.3 is 0 Å². The third-order valence-corrected chi connectivity index (χ3v) is 5.94. The third kappa shape index (κ3) is 5.67. The van der Waals surface area contributed by atoms with Crippen molar-refractivity contribution in [3.63, 3.8) is 0 Å². The van der Waals surface area contributed by atoms with Gasteiger partial charge in [-0.2, -0.15) is 0 Å². The van der Waals surface area contributed by atoms with Crippen LogP contribution in [0.25, 0.3) is 0 Å². The van der Waals surface area contributed by atoms with E-state index in [0.717, 1.165) is 31.2 Å². The molecule has 1 saturated carbocycles. The fourth-order valence-corrected chi connectivity index (χ4v) is 4.15. The zero-order chi connectivity index (χ0) is 20.7. The summed E-state index contributed by atoms with van der Waals surface area (Å²) in [5, 5.41) is 6.03. The number of anilines is 1. The second-order valence-electron chi connectivity index (χ2n) is 8.18. The summed E-state index contributed by atoms with van der Waals surface area (Å²) in [6.45, 7) is 2.53. The van der Waals surface area contributed by atoms with Gasteiger partial charge in [-0.3, -0.25) is 9.59 Å². The highest BCUT2D eigenvalue weighted by molar-refractivity contribution is 6.04. The van der Waals surface area contributed by atoms with Crippen LogP contribution in [0.5, 0.6) is 0 Å². The van der Waals surface area contributed by atoms with Gasteiger partial charge in [-0.1, -0.05) is 49.6 Å². The Morgan fingerprint density at radius 3 is 2.45 bits per heavy atom. The highest BCUT2D eigenvalue weighted by Gasteiger charge is 2.33. The van der Waals surface area contributed by atoms with Crippen LogP contribution in [0.3, 0.4) is 0 Å². The predicted octanol–water partition coefficient (Wildman–Crippen LogP) is 4.42. The van der Waals surface area contributed by atoms with E-state index in [9.17, 15) is 9.59 Å². The molecule has 1 aliphatic rings. The summed E-state index contributed by atoms with van der Waals surface area (Å²) in [6.07, 6.45) is 6.10. The second kappa shape index (κ2) is 9.70. The molecule has 1 unspecified atom stereocenters. The summed E-state index contributed by atoms with van der Waals surface area (Å²) in [5.74, 6) is -0.106. The van der Waals surface area contributed by atoms with E-state index in [0.29, 0.717) is 24.2 Å². The van der Waals surface area contributed by atoms with Crippen molar-refractivity contribution in [2.75, 3.05) is 11.9 Å². The van der Waals surface area contributed by atoms with Crippen LogP contribution in [0.15, 0.2) is 54.6 Å². The topological polar surface area (TPSA) is 84.2 Å². The largest absolute Gasteiger partial charge is 0.350 e. The molecule has 2 aromatic carbocycles. The van der Waals surface area contributed by atoms with Crippen LogP contribution in [0.2, 0.25) is 0 Å². The molecule has 1 aliphatic carbocycles. The molecule has 154 valence electrons. The Balaban J connectivity index is 1.60. The summed E-state index contributed by atoms with van der Waals surface area (Å²) in [6, 6.07) is 16.6. The first-order chi connectivity index (χ1) is 14.0. The molecule has 0 saturated heterocycles. The predicted molar refractivity (Wildman–Crippen MR) is 117 cm³/mol. The minimum Gasteiger partial charge on any atom is -0.350 e. The SMILES string of the molecule is CC(NC(=O)CC1(CN)CCCCC1)c1cccc(NC(=O)c2ccccc2)c1. The third-order valence-electron chi connectivity index (χ3n) is 5.94. The van der Waals surface area contributed by atoms with Crippen LogP contribution >= 0.6 is 0 Å². The van der Waals surface area contributed by atoms with E-state index < -0.39 is 0 Å². The van der Waals surface area contributed by atoms with Gasteiger partial charge in [0.2, 0.25) is 5.91 Å². The van der Waals surface area contributed by atoms with Crippen molar-refractivity contribution in [2.24, 2.45) is 11.1 Å². The molecule has 29 heavy (non-hydrogen) atoms. The molecular weight excluding hydrogens is 362 g/mol. The van der Waals surface area contributed by atoms with Gasteiger partial charge in [0.25, 0.3) is 5.91 Å². The van der Waals surface area contributed by atoms with Gasteiger partial charge in [-0.15, -0.1) is 0 Å². The Morgan fingerprint density at radius 2 is 1.76 bits per heavy atom. The molecule has 2 aromatic rings. The lowest BCUT2D eigenvalue weighted by Crippen LogP contribution is -2.39. The summed E-state index contributed by atoms with van der Waals surface area (Å²) in [7, 11) is 0. The smallest absolute Gasteiger partial charge is 0.255 e. The Bertz CT molecular complexity index is 829. The molecule has 0 aliphatic heterocycles. The average Bonchev–Trinajstić information content (AvgIpc) is 2.75. The van der Waals surface area contributed by atoms with Crippen LogP contribution in [0.4, 0.5) is 5.69 Å². The minimum absolute atomic E-state index is 0.0450. The normalized spacial score (nSPS) is 16.6. The number of rotatable bonds is 7. The van der Waals surface area contributed by atoms with E-state index in [1.807, 2.05) is 49.4 Å². The van der Waals surface area contributed by atoms with Gasteiger partial charge in [-0.25, -0.2) is 0 Å². The van der Waals surface area contributed by atoms with Crippen LogP contribution in [-0.4, -0.2) is 18.4 Å². The molecule has 2 amide bonds. The van der Waals surface area contributed by atoms with Gasteiger partial charge in [0.05, 0.1) is 6.04 Å². The van der Waals surface area contributed by atoms with E-state index in [2.05, 4.69) is 10.6 Å². The molecule has 0 radical (unpaired) electrons. The standard InChI is InChI=1S/C24H31N3O2/c1-18(26-22(28)16-24(17-25)13-6-3-7-14-24)20-11-8-12-21(15-20)27-23(29)19-9-4-2-5-10-19/h2,4-5,8-12,15,18H,3,6-7,13-14,16-17,25H2,1H3,(H,26,28)(H,27,29).